The number of carboxylic acid groups (broad SMARTS) is 1. The van der Waals surface area contributed by atoms with E-state index >= 15 is 0 Å². The Morgan fingerprint density at radius 2 is 1.75 bits per heavy atom. The fourth-order valence-electron chi connectivity index (χ4n) is 2.52. The number of alkyl halides is 6. The molecule has 1 N–H and O–H groups in total. The average molecular weight is 355 g/mol. The van der Waals surface area contributed by atoms with Crippen molar-refractivity contribution in [2.24, 2.45) is 5.41 Å². The summed E-state index contributed by atoms with van der Waals surface area (Å²) >= 11 is 0. The van der Waals surface area contributed by atoms with Crippen LogP contribution in [0.5, 0.6) is 0 Å². The zero-order chi connectivity index (χ0) is 18.3. The normalized spacial score (nSPS) is 21.8. The highest BCUT2D eigenvalue weighted by Gasteiger charge is 2.64. The number of halogens is 6. The van der Waals surface area contributed by atoms with Crippen molar-refractivity contribution in [1.82, 2.24) is 4.90 Å². The number of hydrogen-bond donors (Lipinski definition) is 1. The molecule has 0 aromatic heterocycles. The predicted octanol–water partition coefficient (Wildman–Crippen LogP) is 3.18. The van der Waals surface area contributed by atoms with Crippen LogP contribution < -0.4 is 0 Å². The summed E-state index contributed by atoms with van der Waals surface area (Å²) in [6.45, 7) is -1.65. The Kier molecular flexibility index (Phi) is 4.28. The minimum absolute atomic E-state index is 0.451. The van der Waals surface area contributed by atoms with Crippen LogP contribution >= 0.6 is 0 Å². The lowest BCUT2D eigenvalue weighted by molar-refractivity contribution is -0.227. The second-order valence-electron chi connectivity index (χ2n) is 5.44. The van der Waals surface area contributed by atoms with Crippen molar-refractivity contribution in [3.63, 3.8) is 0 Å². The Hall–Kier alpha value is -2.26. The lowest BCUT2D eigenvalue weighted by Crippen LogP contribution is -2.47. The van der Waals surface area contributed by atoms with Gasteiger partial charge in [0.2, 0.25) is 0 Å². The summed E-state index contributed by atoms with van der Waals surface area (Å²) in [6.07, 6.45) is -10.6. The Balaban J connectivity index is 2.29. The molecule has 1 heterocycles. The maximum Gasteiger partial charge on any atom is 0.416 e. The van der Waals surface area contributed by atoms with E-state index in [2.05, 4.69) is 0 Å². The minimum atomic E-state index is -5.08. The molecule has 2 rings (SSSR count). The quantitative estimate of drug-likeness (QED) is 0.829. The molecule has 1 aliphatic rings. The van der Waals surface area contributed by atoms with E-state index in [1.54, 1.807) is 0 Å². The molecule has 0 aliphatic carbocycles. The molecular formula is C14H11F6NO3. The van der Waals surface area contributed by atoms with Gasteiger partial charge in [-0.2, -0.15) is 26.3 Å². The van der Waals surface area contributed by atoms with E-state index < -0.39 is 60.3 Å². The van der Waals surface area contributed by atoms with Crippen LogP contribution in [0.25, 0.3) is 0 Å². The number of benzene rings is 1. The van der Waals surface area contributed by atoms with Crippen molar-refractivity contribution in [1.29, 1.82) is 0 Å². The lowest BCUT2D eigenvalue weighted by atomic mass is 9.86. The Labute approximate surface area is 131 Å². The van der Waals surface area contributed by atoms with Gasteiger partial charge in [0.1, 0.15) is 0 Å². The topological polar surface area (TPSA) is 57.6 Å². The van der Waals surface area contributed by atoms with Crippen molar-refractivity contribution in [2.75, 3.05) is 13.1 Å². The third-order valence-electron chi connectivity index (χ3n) is 3.95. The molecule has 0 bridgehead atoms. The maximum absolute atomic E-state index is 13.1. The van der Waals surface area contributed by atoms with E-state index in [0.717, 1.165) is 18.2 Å². The summed E-state index contributed by atoms with van der Waals surface area (Å²) in [5, 5.41) is 8.91. The van der Waals surface area contributed by atoms with Crippen molar-refractivity contribution < 1.29 is 41.0 Å². The summed E-state index contributed by atoms with van der Waals surface area (Å²) in [5.41, 5.74) is -4.68. The van der Waals surface area contributed by atoms with Crippen molar-refractivity contribution >= 4 is 11.9 Å². The number of hydrogen-bond acceptors (Lipinski definition) is 2. The fourth-order valence-corrected chi connectivity index (χ4v) is 2.52. The van der Waals surface area contributed by atoms with Gasteiger partial charge in [0, 0.05) is 18.7 Å². The number of carboxylic acids is 1. The Morgan fingerprint density at radius 1 is 1.12 bits per heavy atom. The molecule has 1 unspecified atom stereocenters. The first kappa shape index (κ1) is 18.1. The summed E-state index contributed by atoms with van der Waals surface area (Å²) < 4.78 is 77.1. The van der Waals surface area contributed by atoms with Gasteiger partial charge in [-0.25, -0.2) is 0 Å². The first-order chi connectivity index (χ1) is 10.9. The molecule has 132 valence electrons. The van der Waals surface area contributed by atoms with Crippen molar-refractivity contribution in [3.05, 3.63) is 35.4 Å². The first-order valence-electron chi connectivity index (χ1n) is 6.65. The van der Waals surface area contributed by atoms with E-state index in [4.69, 9.17) is 5.11 Å². The molecule has 1 atom stereocenters. The maximum atomic E-state index is 13.1. The molecule has 1 fully saturated rings. The minimum Gasteiger partial charge on any atom is -0.481 e. The van der Waals surface area contributed by atoms with Gasteiger partial charge in [-0.1, -0.05) is 6.07 Å². The number of carbonyl (C=O) groups excluding carboxylic acids is 1. The van der Waals surface area contributed by atoms with Gasteiger partial charge >= 0.3 is 18.3 Å². The Bertz CT molecular complexity index is 669. The smallest absolute Gasteiger partial charge is 0.416 e. The molecule has 0 spiro atoms. The molecule has 1 aromatic carbocycles. The highest BCUT2D eigenvalue weighted by atomic mass is 19.4. The molecule has 4 nitrogen and oxygen atoms in total. The molecule has 1 amide bonds. The first-order valence-corrected chi connectivity index (χ1v) is 6.65. The van der Waals surface area contributed by atoms with E-state index in [1.165, 1.54) is 0 Å². The zero-order valence-electron chi connectivity index (χ0n) is 11.9. The van der Waals surface area contributed by atoms with E-state index in [0.29, 0.717) is 11.0 Å². The molecule has 1 saturated heterocycles. The number of amides is 1. The van der Waals surface area contributed by atoms with Gasteiger partial charge in [0.05, 0.1) is 5.56 Å². The van der Waals surface area contributed by atoms with Crippen LogP contribution in [0.4, 0.5) is 26.3 Å². The van der Waals surface area contributed by atoms with Crippen LogP contribution in [-0.2, 0) is 11.0 Å². The summed E-state index contributed by atoms with van der Waals surface area (Å²) in [4.78, 5) is 23.8. The highest BCUT2D eigenvalue weighted by Crippen LogP contribution is 2.46. The second-order valence-corrected chi connectivity index (χ2v) is 5.44. The highest BCUT2D eigenvalue weighted by molar-refractivity contribution is 5.95. The van der Waals surface area contributed by atoms with Gasteiger partial charge in [0.25, 0.3) is 5.91 Å². The molecule has 1 aliphatic heterocycles. The number of rotatable bonds is 2. The van der Waals surface area contributed by atoms with Crippen LogP contribution in [0.15, 0.2) is 24.3 Å². The van der Waals surface area contributed by atoms with Crippen LogP contribution in [0.1, 0.15) is 22.3 Å². The average Bonchev–Trinajstić information content (AvgIpc) is 2.92. The van der Waals surface area contributed by atoms with Crippen LogP contribution in [-0.4, -0.2) is 41.1 Å². The second kappa shape index (κ2) is 5.67. The SMILES string of the molecule is O=C(c1cccc(C(F)(F)F)c1)N1CCC(C(=O)O)(C(F)(F)F)C1. The van der Waals surface area contributed by atoms with Crippen LogP contribution in [0.2, 0.25) is 0 Å². The molecule has 1 aromatic rings. The fraction of sp³-hybridized carbons (Fsp3) is 0.429. The number of nitrogens with zero attached hydrogens (tertiary/aromatic N) is 1. The van der Waals surface area contributed by atoms with Gasteiger partial charge in [-0.05, 0) is 24.6 Å². The summed E-state index contributed by atoms with van der Waals surface area (Å²) in [5.74, 6) is -3.19. The number of likely N-dealkylation sites (tertiary alicyclic amines) is 1. The molecule has 0 radical (unpaired) electrons. The van der Waals surface area contributed by atoms with Gasteiger partial charge in [0.15, 0.2) is 5.41 Å². The van der Waals surface area contributed by atoms with E-state index in [9.17, 15) is 35.9 Å². The predicted molar refractivity (Wildman–Crippen MR) is 68.1 cm³/mol. The van der Waals surface area contributed by atoms with Crippen molar-refractivity contribution in [3.8, 4) is 0 Å². The number of carbonyl (C=O) groups is 2. The van der Waals surface area contributed by atoms with Gasteiger partial charge in [-0.15, -0.1) is 0 Å². The Morgan fingerprint density at radius 3 is 2.21 bits per heavy atom. The molecular weight excluding hydrogens is 344 g/mol. The van der Waals surface area contributed by atoms with Crippen molar-refractivity contribution in [2.45, 2.75) is 18.8 Å². The zero-order valence-corrected chi connectivity index (χ0v) is 11.9. The van der Waals surface area contributed by atoms with Gasteiger partial charge < -0.3 is 10.0 Å². The standard InChI is InChI=1S/C14H11F6NO3/c15-13(16,17)9-3-1-2-8(6-9)10(22)21-5-4-12(7-21,11(23)24)14(18,19)20/h1-3,6H,4-5,7H2,(H,23,24). The largest absolute Gasteiger partial charge is 0.481 e. The number of aliphatic carboxylic acids is 1. The molecule has 0 saturated carbocycles. The van der Waals surface area contributed by atoms with Gasteiger partial charge in [-0.3, -0.25) is 9.59 Å². The molecule has 24 heavy (non-hydrogen) atoms. The third-order valence-corrected chi connectivity index (χ3v) is 3.95. The van der Waals surface area contributed by atoms with E-state index in [1.807, 2.05) is 0 Å². The monoisotopic (exact) mass is 355 g/mol. The van der Waals surface area contributed by atoms with Crippen LogP contribution in [0.3, 0.4) is 0 Å². The lowest BCUT2D eigenvalue weighted by Gasteiger charge is -2.27. The summed E-state index contributed by atoms with van der Waals surface area (Å²) in [7, 11) is 0. The van der Waals surface area contributed by atoms with E-state index in [-0.39, 0.29) is 0 Å². The summed E-state index contributed by atoms with van der Waals surface area (Å²) in [6, 6.07) is 3.24. The molecule has 10 heteroatoms. The van der Waals surface area contributed by atoms with Crippen LogP contribution in [0, 0.1) is 5.41 Å². The third kappa shape index (κ3) is 3.04.